The molecule has 1 rings (SSSR count). The van der Waals surface area contributed by atoms with Gasteiger partial charge in [0.05, 0.1) is 0 Å². The van der Waals surface area contributed by atoms with Gasteiger partial charge in [0.1, 0.15) is 0 Å². The summed E-state index contributed by atoms with van der Waals surface area (Å²) in [5.41, 5.74) is 0.958. The van der Waals surface area contributed by atoms with E-state index in [1.807, 2.05) is 13.8 Å². The largest absolute Gasteiger partial charge is 0.326 e. The van der Waals surface area contributed by atoms with Crippen LogP contribution in [0.5, 0.6) is 0 Å². The minimum Gasteiger partial charge on any atom is -0.326 e. The average Bonchev–Trinajstić information content (AvgIpc) is 2.17. The van der Waals surface area contributed by atoms with Gasteiger partial charge in [-0.1, -0.05) is 13.8 Å². The Kier molecular flexibility index (Phi) is 4.69. The molecule has 4 N–H and O–H groups in total. The molecule has 0 aromatic heterocycles. The van der Waals surface area contributed by atoms with Gasteiger partial charge in [0.15, 0.2) is 0 Å². The fourth-order valence-corrected chi connectivity index (χ4v) is 1.83. The van der Waals surface area contributed by atoms with E-state index in [1.165, 1.54) is 12.1 Å². The standard InChI is InChI=1S/C11H17N3O3S/c1-8(2)7-11(15)13-9-3-5-10(6-4-9)14-18(12,16)17/h3-6,8,14H,7H2,1-2H3,(H,13,15)(H2,12,16,17). The lowest BCUT2D eigenvalue weighted by atomic mass is 10.1. The molecule has 6 nitrogen and oxygen atoms in total. The first kappa shape index (κ1) is 14.5. The molecular weight excluding hydrogens is 254 g/mol. The Morgan fingerprint density at radius 3 is 2.17 bits per heavy atom. The van der Waals surface area contributed by atoms with Crippen LogP contribution in [0.2, 0.25) is 0 Å². The van der Waals surface area contributed by atoms with Crippen LogP contribution in [0.15, 0.2) is 24.3 Å². The highest BCUT2D eigenvalue weighted by molar-refractivity contribution is 7.90. The van der Waals surface area contributed by atoms with Crippen LogP contribution in [0.3, 0.4) is 0 Å². The van der Waals surface area contributed by atoms with E-state index >= 15 is 0 Å². The van der Waals surface area contributed by atoms with E-state index in [0.717, 1.165) is 0 Å². The van der Waals surface area contributed by atoms with E-state index in [4.69, 9.17) is 5.14 Å². The van der Waals surface area contributed by atoms with Crippen molar-refractivity contribution in [3.05, 3.63) is 24.3 Å². The van der Waals surface area contributed by atoms with Crippen LogP contribution in [-0.4, -0.2) is 14.3 Å². The highest BCUT2D eigenvalue weighted by Crippen LogP contribution is 2.14. The second-order valence-electron chi connectivity index (χ2n) is 4.37. The summed E-state index contributed by atoms with van der Waals surface area (Å²) in [7, 11) is -3.77. The van der Waals surface area contributed by atoms with E-state index in [9.17, 15) is 13.2 Å². The summed E-state index contributed by atoms with van der Waals surface area (Å²) in [5.74, 6) is 0.213. The Morgan fingerprint density at radius 1 is 1.22 bits per heavy atom. The van der Waals surface area contributed by atoms with E-state index in [0.29, 0.717) is 17.8 Å². The highest BCUT2D eigenvalue weighted by atomic mass is 32.2. The van der Waals surface area contributed by atoms with Gasteiger partial charge in [-0.15, -0.1) is 0 Å². The van der Waals surface area contributed by atoms with Crippen molar-refractivity contribution in [2.75, 3.05) is 10.0 Å². The van der Waals surface area contributed by atoms with Crippen molar-refractivity contribution in [1.29, 1.82) is 0 Å². The minimum atomic E-state index is -3.77. The molecule has 1 aromatic carbocycles. The quantitative estimate of drug-likeness (QED) is 0.752. The summed E-state index contributed by atoms with van der Waals surface area (Å²) >= 11 is 0. The van der Waals surface area contributed by atoms with Gasteiger partial charge in [-0.25, -0.2) is 5.14 Å². The smallest absolute Gasteiger partial charge is 0.296 e. The van der Waals surface area contributed by atoms with Crippen LogP contribution < -0.4 is 15.2 Å². The second-order valence-corrected chi connectivity index (χ2v) is 5.66. The first-order valence-corrected chi connectivity index (χ1v) is 7.01. The number of benzene rings is 1. The number of hydrogen-bond donors (Lipinski definition) is 3. The van der Waals surface area contributed by atoms with Gasteiger partial charge in [-0.3, -0.25) is 9.52 Å². The monoisotopic (exact) mass is 271 g/mol. The lowest BCUT2D eigenvalue weighted by Gasteiger charge is -2.08. The van der Waals surface area contributed by atoms with Crippen molar-refractivity contribution in [2.24, 2.45) is 11.1 Å². The minimum absolute atomic E-state index is 0.0721. The predicted octanol–water partition coefficient (Wildman–Crippen LogP) is 1.29. The number of amides is 1. The maximum absolute atomic E-state index is 11.5. The van der Waals surface area contributed by atoms with Gasteiger partial charge >= 0.3 is 0 Å². The number of nitrogens with one attached hydrogen (secondary N) is 2. The van der Waals surface area contributed by atoms with Crippen molar-refractivity contribution in [1.82, 2.24) is 0 Å². The van der Waals surface area contributed by atoms with Crippen molar-refractivity contribution in [3.8, 4) is 0 Å². The number of carbonyl (C=O) groups excluding carboxylic acids is 1. The number of carbonyl (C=O) groups is 1. The van der Waals surface area contributed by atoms with Gasteiger partial charge in [0.25, 0.3) is 10.2 Å². The number of anilines is 2. The molecule has 0 fully saturated rings. The van der Waals surface area contributed by atoms with Gasteiger partial charge in [-0.2, -0.15) is 8.42 Å². The van der Waals surface area contributed by atoms with Crippen LogP contribution in [0.25, 0.3) is 0 Å². The first-order chi connectivity index (χ1) is 8.26. The molecule has 100 valence electrons. The van der Waals surface area contributed by atoms with Crippen molar-refractivity contribution in [2.45, 2.75) is 20.3 Å². The Labute approximate surface area is 107 Å². The second kappa shape index (κ2) is 5.83. The van der Waals surface area contributed by atoms with Crippen LogP contribution in [-0.2, 0) is 15.0 Å². The van der Waals surface area contributed by atoms with Crippen LogP contribution in [0.4, 0.5) is 11.4 Å². The molecule has 0 unspecified atom stereocenters. The van der Waals surface area contributed by atoms with Gasteiger partial charge in [0.2, 0.25) is 5.91 Å². The number of hydrogen-bond acceptors (Lipinski definition) is 3. The molecule has 0 aliphatic carbocycles. The zero-order chi connectivity index (χ0) is 13.8. The number of rotatable bonds is 5. The molecule has 0 spiro atoms. The molecule has 1 amide bonds. The summed E-state index contributed by atoms with van der Waals surface area (Å²) < 4.78 is 23.7. The fraction of sp³-hybridized carbons (Fsp3) is 0.364. The van der Waals surface area contributed by atoms with Crippen LogP contribution in [0.1, 0.15) is 20.3 Å². The Morgan fingerprint density at radius 2 is 1.72 bits per heavy atom. The SMILES string of the molecule is CC(C)CC(=O)Nc1ccc(NS(N)(=O)=O)cc1. The maximum atomic E-state index is 11.5. The van der Waals surface area contributed by atoms with E-state index < -0.39 is 10.2 Å². The van der Waals surface area contributed by atoms with Gasteiger partial charge in [-0.05, 0) is 30.2 Å². The molecule has 0 bridgehead atoms. The normalized spacial score (nSPS) is 11.3. The lowest BCUT2D eigenvalue weighted by Crippen LogP contribution is -2.21. The van der Waals surface area contributed by atoms with Crippen LogP contribution >= 0.6 is 0 Å². The molecule has 0 saturated carbocycles. The van der Waals surface area contributed by atoms with E-state index in [1.54, 1.807) is 12.1 Å². The molecule has 0 radical (unpaired) electrons. The van der Waals surface area contributed by atoms with Crippen LogP contribution in [0, 0.1) is 5.92 Å². The molecule has 1 aromatic rings. The maximum Gasteiger partial charge on any atom is 0.296 e. The van der Waals surface area contributed by atoms with Gasteiger partial charge < -0.3 is 5.32 Å². The third kappa shape index (κ3) is 5.65. The molecular formula is C11H17N3O3S. The Bertz CT molecular complexity index is 509. The molecule has 0 heterocycles. The third-order valence-corrected chi connectivity index (χ3v) is 2.54. The van der Waals surface area contributed by atoms with Gasteiger partial charge in [0, 0.05) is 17.8 Å². The third-order valence-electron chi connectivity index (χ3n) is 2.02. The zero-order valence-corrected chi connectivity index (χ0v) is 11.1. The van der Waals surface area contributed by atoms with Crippen molar-refractivity contribution < 1.29 is 13.2 Å². The topological polar surface area (TPSA) is 101 Å². The molecule has 0 aliphatic heterocycles. The van der Waals surface area contributed by atoms with Crippen molar-refractivity contribution >= 4 is 27.5 Å². The number of nitrogens with two attached hydrogens (primary N) is 1. The zero-order valence-electron chi connectivity index (χ0n) is 10.3. The summed E-state index contributed by atoms with van der Waals surface area (Å²) in [6.45, 7) is 3.91. The Hall–Kier alpha value is -1.60. The average molecular weight is 271 g/mol. The Balaban J connectivity index is 2.63. The summed E-state index contributed by atoms with van der Waals surface area (Å²) in [6.07, 6.45) is 0.442. The molecule has 0 atom stereocenters. The highest BCUT2D eigenvalue weighted by Gasteiger charge is 2.06. The van der Waals surface area contributed by atoms with Crippen molar-refractivity contribution in [3.63, 3.8) is 0 Å². The first-order valence-electron chi connectivity index (χ1n) is 5.47. The molecule has 18 heavy (non-hydrogen) atoms. The molecule has 0 aliphatic rings. The molecule has 0 saturated heterocycles. The molecule has 7 heteroatoms. The van der Waals surface area contributed by atoms with E-state index in [-0.39, 0.29) is 11.8 Å². The lowest BCUT2D eigenvalue weighted by molar-refractivity contribution is -0.116. The summed E-state index contributed by atoms with van der Waals surface area (Å²) in [4.78, 5) is 11.5. The predicted molar refractivity (Wildman–Crippen MR) is 71.3 cm³/mol. The fourth-order valence-electron chi connectivity index (χ4n) is 1.37. The summed E-state index contributed by atoms with van der Waals surface area (Å²) in [5, 5.41) is 7.55. The van der Waals surface area contributed by atoms with E-state index in [2.05, 4.69) is 10.0 Å². The summed E-state index contributed by atoms with van der Waals surface area (Å²) in [6, 6.07) is 6.25.